The molecule has 2 atom stereocenters. The molecule has 1 saturated heterocycles. The maximum atomic E-state index is 10.8. The third-order valence-corrected chi connectivity index (χ3v) is 6.45. The molecule has 0 spiro atoms. The third-order valence-electron chi connectivity index (χ3n) is 5.96. The highest BCUT2D eigenvalue weighted by molar-refractivity contribution is 6.31. The van der Waals surface area contributed by atoms with Gasteiger partial charge in [0.2, 0.25) is 0 Å². The number of hydrogen-bond donors (Lipinski definition) is 1. The molecule has 1 aliphatic rings. The van der Waals surface area contributed by atoms with E-state index in [0.717, 1.165) is 23.4 Å². The van der Waals surface area contributed by atoms with E-state index in [0.29, 0.717) is 40.8 Å². The van der Waals surface area contributed by atoms with Crippen molar-refractivity contribution in [2.75, 3.05) is 31.1 Å². The van der Waals surface area contributed by atoms with Crippen LogP contribution >= 0.6 is 23.2 Å². The van der Waals surface area contributed by atoms with Crippen molar-refractivity contribution in [3.05, 3.63) is 99.0 Å². The van der Waals surface area contributed by atoms with Crippen molar-refractivity contribution in [2.45, 2.75) is 12.1 Å². The van der Waals surface area contributed by atoms with Gasteiger partial charge < -0.3 is 10.0 Å². The first kappa shape index (κ1) is 23.1. The summed E-state index contributed by atoms with van der Waals surface area (Å²) in [5.74, 6) is 0. The van der Waals surface area contributed by atoms with Crippen LogP contribution in [0.2, 0.25) is 10.0 Å². The molecule has 5 nitrogen and oxygen atoms in total. The number of aliphatic hydroxyl groups is 1. The van der Waals surface area contributed by atoms with Gasteiger partial charge in [-0.05, 0) is 53.6 Å². The Bertz CT molecular complexity index is 1200. The molecule has 0 aromatic heterocycles. The molecule has 4 rings (SSSR count). The van der Waals surface area contributed by atoms with E-state index in [4.69, 9.17) is 28.5 Å². The van der Waals surface area contributed by atoms with Gasteiger partial charge in [0.1, 0.15) is 6.07 Å². The Morgan fingerprint density at radius 2 is 1.61 bits per heavy atom. The minimum absolute atomic E-state index is 0.0301. The van der Waals surface area contributed by atoms with Crippen LogP contribution < -0.4 is 4.90 Å². The smallest absolute Gasteiger partial charge is 0.101 e. The molecular formula is C26H22Cl2N4O. The van der Waals surface area contributed by atoms with E-state index in [1.165, 1.54) is 0 Å². The van der Waals surface area contributed by atoms with E-state index in [1.807, 2.05) is 30.3 Å². The Kier molecular flexibility index (Phi) is 7.18. The van der Waals surface area contributed by atoms with Crippen molar-refractivity contribution in [2.24, 2.45) is 0 Å². The van der Waals surface area contributed by atoms with Crippen molar-refractivity contribution in [1.29, 1.82) is 10.5 Å². The molecule has 3 aromatic rings. The van der Waals surface area contributed by atoms with Gasteiger partial charge in [-0.15, -0.1) is 0 Å². The van der Waals surface area contributed by atoms with Crippen LogP contribution in [0.3, 0.4) is 0 Å². The minimum atomic E-state index is -0.666. The first-order valence-corrected chi connectivity index (χ1v) is 11.4. The fourth-order valence-corrected chi connectivity index (χ4v) is 4.54. The van der Waals surface area contributed by atoms with Gasteiger partial charge in [-0.2, -0.15) is 10.5 Å². The van der Waals surface area contributed by atoms with Crippen LogP contribution in [0.5, 0.6) is 0 Å². The van der Waals surface area contributed by atoms with Crippen LogP contribution in [0.25, 0.3) is 0 Å². The Morgan fingerprint density at radius 3 is 2.27 bits per heavy atom. The Hall–Kier alpha value is -3.06. The first-order chi connectivity index (χ1) is 16.0. The van der Waals surface area contributed by atoms with Crippen molar-refractivity contribution in [3.63, 3.8) is 0 Å². The Morgan fingerprint density at radius 1 is 0.909 bits per heavy atom. The Balaban J connectivity index is 1.59. The van der Waals surface area contributed by atoms with Crippen LogP contribution in [0, 0.1) is 22.7 Å². The molecule has 1 N–H and O–H groups in total. The number of benzene rings is 3. The average Bonchev–Trinajstić information content (AvgIpc) is 2.84. The summed E-state index contributed by atoms with van der Waals surface area (Å²) in [4.78, 5) is 4.45. The van der Waals surface area contributed by atoms with Crippen LogP contribution in [-0.4, -0.2) is 36.2 Å². The van der Waals surface area contributed by atoms with E-state index >= 15 is 0 Å². The minimum Gasteiger partial charge on any atom is -0.387 e. The lowest BCUT2D eigenvalue weighted by Gasteiger charge is -2.44. The highest BCUT2D eigenvalue weighted by Gasteiger charge is 2.31. The largest absolute Gasteiger partial charge is 0.387 e. The van der Waals surface area contributed by atoms with E-state index in [-0.39, 0.29) is 6.04 Å². The predicted octanol–water partition coefficient (Wildman–Crippen LogP) is 5.33. The standard InChI is InChI=1S/C26H22Cl2N4O/c27-22-7-5-19(6-8-22)25-16-31(17-26(33)20-3-1-18(14-29)2-4-20)11-12-32(25)24-10-9-23(28)13-21(24)15-30/h1-10,13,25-26,33H,11-12,16-17H2/t25?,26-/m1/s1. The number of rotatable bonds is 5. The van der Waals surface area contributed by atoms with E-state index < -0.39 is 6.10 Å². The molecule has 3 aromatic carbocycles. The SMILES string of the molecule is N#Cc1ccc([C@H](O)CN2CCN(c3ccc(Cl)cc3C#N)C(c3ccc(Cl)cc3)C2)cc1. The van der Waals surface area contributed by atoms with Gasteiger partial charge in [-0.1, -0.05) is 47.5 Å². The van der Waals surface area contributed by atoms with Gasteiger partial charge in [-0.25, -0.2) is 0 Å². The van der Waals surface area contributed by atoms with Gasteiger partial charge in [0, 0.05) is 36.2 Å². The molecule has 0 amide bonds. The van der Waals surface area contributed by atoms with Gasteiger partial charge >= 0.3 is 0 Å². The lowest BCUT2D eigenvalue weighted by atomic mass is 9.99. The fraction of sp³-hybridized carbons (Fsp3) is 0.231. The summed E-state index contributed by atoms with van der Waals surface area (Å²) in [5.41, 5.74) is 3.81. The van der Waals surface area contributed by atoms with Crippen molar-refractivity contribution < 1.29 is 5.11 Å². The Labute approximate surface area is 203 Å². The monoisotopic (exact) mass is 476 g/mol. The molecule has 0 radical (unpaired) electrons. The van der Waals surface area contributed by atoms with Crippen LogP contribution in [0.4, 0.5) is 5.69 Å². The second-order valence-corrected chi connectivity index (χ2v) is 8.92. The molecule has 0 bridgehead atoms. The summed E-state index contributed by atoms with van der Waals surface area (Å²) >= 11 is 12.2. The second-order valence-electron chi connectivity index (χ2n) is 8.04. The molecule has 33 heavy (non-hydrogen) atoms. The second kappa shape index (κ2) is 10.3. The third kappa shape index (κ3) is 5.30. The number of aliphatic hydroxyl groups excluding tert-OH is 1. The summed E-state index contributed by atoms with van der Waals surface area (Å²) in [7, 11) is 0. The zero-order chi connectivity index (χ0) is 23.4. The zero-order valence-electron chi connectivity index (χ0n) is 17.8. The molecule has 1 heterocycles. The summed E-state index contributed by atoms with van der Waals surface area (Å²) in [5, 5.41) is 30.7. The van der Waals surface area contributed by atoms with Gasteiger partial charge in [0.25, 0.3) is 0 Å². The van der Waals surface area contributed by atoms with Crippen LogP contribution in [0.1, 0.15) is 34.4 Å². The van der Waals surface area contributed by atoms with Gasteiger partial charge in [-0.3, -0.25) is 4.90 Å². The summed E-state index contributed by atoms with van der Waals surface area (Å²) in [6, 6.07) is 24.5. The normalized spacial score (nSPS) is 17.2. The molecule has 1 fully saturated rings. The van der Waals surface area contributed by atoms with Crippen molar-refractivity contribution in [1.82, 2.24) is 4.90 Å². The molecule has 0 saturated carbocycles. The van der Waals surface area contributed by atoms with Crippen molar-refractivity contribution >= 4 is 28.9 Å². The van der Waals surface area contributed by atoms with Crippen LogP contribution in [0.15, 0.2) is 66.7 Å². The maximum absolute atomic E-state index is 10.8. The highest BCUT2D eigenvalue weighted by atomic mass is 35.5. The highest BCUT2D eigenvalue weighted by Crippen LogP contribution is 2.35. The number of halogens is 2. The number of nitriles is 2. The number of hydrogen-bond acceptors (Lipinski definition) is 5. The quantitative estimate of drug-likeness (QED) is 0.538. The maximum Gasteiger partial charge on any atom is 0.101 e. The van der Waals surface area contributed by atoms with E-state index in [9.17, 15) is 10.4 Å². The average molecular weight is 477 g/mol. The van der Waals surface area contributed by atoms with Crippen molar-refractivity contribution in [3.8, 4) is 12.1 Å². The molecular weight excluding hydrogens is 455 g/mol. The molecule has 1 aliphatic heterocycles. The number of piperazine rings is 1. The predicted molar refractivity (Wildman–Crippen MR) is 130 cm³/mol. The zero-order valence-corrected chi connectivity index (χ0v) is 19.3. The number of β-amino-alcohol motifs (C(OH)–C–C–N with tert-alkyl or cyclic N) is 1. The lowest BCUT2D eigenvalue weighted by Crippen LogP contribution is -2.49. The topological polar surface area (TPSA) is 74.3 Å². The number of anilines is 1. The van der Waals surface area contributed by atoms with Gasteiger partial charge in [0.05, 0.1) is 35.0 Å². The van der Waals surface area contributed by atoms with E-state index in [1.54, 1.807) is 36.4 Å². The summed E-state index contributed by atoms with van der Waals surface area (Å²) < 4.78 is 0. The van der Waals surface area contributed by atoms with Gasteiger partial charge in [0.15, 0.2) is 0 Å². The molecule has 166 valence electrons. The molecule has 7 heteroatoms. The molecule has 1 unspecified atom stereocenters. The van der Waals surface area contributed by atoms with E-state index in [2.05, 4.69) is 21.9 Å². The summed E-state index contributed by atoms with van der Waals surface area (Å²) in [6.07, 6.45) is -0.666. The first-order valence-electron chi connectivity index (χ1n) is 10.6. The fourth-order valence-electron chi connectivity index (χ4n) is 4.24. The number of nitrogens with zero attached hydrogens (tertiary/aromatic N) is 4. The van der Waals surface area contributed by atoms with Crippen LogP contribution in [-0.2, 0) is 0 Å². The summed E-state index contributed by atoms with van der Waals surface area (Å²) in [6.45, 7) is 2.55. The lowest BCUT2D eigenvalue weighted by molar-refractivity contribution is 0.100. The molecule has 0 aliphatic carbocycles.